The molecular formula is C17H17N3. The lowest BCUT2D eigenvalue weighted by atomic mass is 10.1. The molecule has 0 saturated carbocycles. The van der Waals surface area contributed by atoms with Gasteiger partial charge >= 0.3 is 0 Å². The van der Waals surface area contributed by atoms with Gasteiger partial charge in [-0.1, -0.05) is 48.5 Å². The first-order valence-corrected chi connectivity index (χ1v) is 6.70. The molecule has 3 heteroatoms. The smallest absolute Gasteiger partial charge is 0.182 e. The summed E-state index contributed by atoms with van der Waals surface area (Å²) in [4.78, 5) is 4.72. The van der Waals surface area contributed by atoms with Crippen LogP contribution in [-0.4, -0.2) is 14.8 Å². The Bertz CT molecular complexity index is 756. The van der Waals surface area contributed by atoms with E-state index in [0.29, 0.717) is 0 Å². The van der Waals surface area contributed by atoms with Crippen LogP contribution in [0.15, 0.2) is 48.5 Å². The van der Waals surface area contributed by atoms with Crippen molar-refractivity contribution in [2.24, 2.45) is 7.05 Å². The Kier molecular flexibility index (Phi) is 3.11. The van der Waals surface area contributed by atoms with Gasteiger partial charge in [0.1, 0.15) is 0 Å². The number of nitrogens with zero attached hydrogens (tertiary/aromatic N) is 3. The summed E-state index contributed by atoms with van der Waals surface area (Å²) in [6.07, 6.45) is 0. The molecule has 0 fully saturated rings. The van der Waals surface area contributed by atoms with Crippen LogP contribution in [0.1, 0.15) is 11.1 Å². The molecule has 2 aromatic carbocycles. The van der Waals surface area contributed by atoms with Crippen molar-refractivity contribution in [2.45, 2.75) is 13.8 Å². The molecule has 0 saturated heterocycles. The summed E-state index contributed by atoms with van der Waals surface area (Å²) in [7, 11) is 1.94. The summed E-state index contributed by atoms with van der Waals surface area (Å²) in [5.74, 6) is 1.69. The van der Waals surface area contributed by atoms with Crippen LogP contribution in [0.3, 0.4) is 0 Å². The first-order valence-electron chi connectivity index (χ1n) is 6.70. The zero-order chi connectivity index (χ0) is 14.1. The van der Waals surface area contributed by atoms with Crippen LogP contribution in [0.2, 0.25) is 0 Å². The predicted molar refractivity (Wildman–Crippen MR) is 81.3 cm³/mol. The van der Waals surface area contributed by atoms with Crippen molar-refractivity contribution in [1.82, 2.24) is 14.8 Å². The van der Waals surface area contributed by atoms with Crippen LogP contribution in [0.25, 0.3) is 22.8 Å². The van der Waals surface area contributed by atoms with Gasteiger partial charge in [-0.2, -0.15) is 5.10 Å². The van der Waals surface area contributed by atoms with E-state index in [-0.39, 0.29) is 0 Å². The Hall–Kier alpha value is -2.42. The summed E-state index contributed by atoms with van der Waals surface area (Å²) >= 11 is 0. The Morgan fingerprint density at radius 3 is 1.95 bits per heavy atom. The number of benzene rings is 2. The third kappa shape index (κ3) is 2.11. The fraction of sp³-hybridized carbons (Fsp3) is 0.176. The molecule has 0 aliphatic rings. The van der Waals surface area contributed by atoms with Gasteiger partial charge in [-0.3, -0.25) is 0 Å². The molecule has 0 unspecified atom stereocenters. The van der Waals surface area contributed by atoms with E-state index >= 15 is 0 Å². The molecule has 3 aromatic rings. The van der Waals surface area contributed by atoms with Gasteiger partial charge < -0.3 is 0 Å². The molecule has 0 aliphatic heterocycles. The zero-order valence-corrected chi connectivity index (χ0v) is 12.0. The molecule has 20 heavy (non-hydrogen) atoms. The summed E-state index contributed by atoms with van der Waals surface area (Å²) in [5.41, 5.74) is 4.61. The highest BCUT2D eigenvalue weighted by atomic mass is 15.3. The average Bonchev–Trinajstić information content (AvgIpc) is 2.81. The summed E-state index contributed by atoms with van der Waals surface area (Å²) in [5, 5.41) is 4.56. The average molecular weight is 263 g/mol. The quantitative estimate of drug-likeness (QED) is 0.704. The molecule has 0 aliphatic carbocycles. The van der Waals surface area contributed by atoms with E-state index in [1.54, 1.807) is 0 Å². The van der Waals surface area contributed by atoms with Gasteiger partial charge in [-0.05, 0) is 25.0 Å². The minimum Gasteiger partial charge on any atom is -0.248 e. The van der Waals surface area contributed by atoms with E-state index in [4.69, 9.17) is 4.98 Å². The molecule has 100 valence electrons. The predicted octanol–water partition coefficient (Wildman–Crippen LogP) is 3.77. The standard InChI is InChI=1S/C17H17N3/c1-12-8-4-6-10-14(12)16-18-17(20(3)19-16)15-11-7-5-9-13(15)2/h4-11H,1-3H3. The number of hydrogen-bond donors (Lipinski definition) is 0. The Labute approximate surface area is 118 Å². The fourth-order valence-corrected chi connectivity index (χ4v) is 2.38. The summed E-state index contributed by atoms with van der Waals surface area (Å²) in [6.45, 7) is 4.18. The Balaban J connectivity index is 2.13. The van der Waals surface area contributed by atoms with Gasteiger partial charge in [-0.25, -0.2) is 9.67 Å². The topological polar surface area (TPSA) is 30.7 Å². The molecule has 0 amide bonds. The molecular weight excluding hydrogens is 246 g/mol. The maximum Gasteiger partial charge on any atom is 0.182 e. The van der Waals surface area contributed by atoms with Crippen LogP contribution in [-0.2, 0) is 7.05 Å². The minimum absolute atomic E-state index is 0.781. The summed E-state index contributed by atoms with van der Waals surface area (Å²) < 4.78 is 1.85. The number of rotatable bonds is 2. The molecule has 3 rings (SSSR count). The van der Waals surface area contributed by atoms with E-state index in [1.165, 1.54) is 11.1 Å². The molecule has 0 atom stereocenters. The van der Waals surface area contributed by atoms with Crippen LogP contribution >= 0.6 is 0 Å². The maximum atomic E-state index is 4.72. The van der Waals surface area contributed by atoms with E-state index in [2.05, 4.69) is 43.2 Å². The Morgan fingerprint density at radius 1 is 0.800 bits per heavy atom. The van der Waals surface area contributed by atoms with Gasteiger partial charge in [0.15, 0.2) is 11.6 Å². The minimum atomic E-state index is 0.781. The number of aryl methyl sites for hydroxylation is 3. The molecule has 0 N–H and O–H groups in total. The number of hydrogen-bond acceptors (Lipinski definition) is 2. The van der Waals surface area contributed by atoms with E-state index in [9.17, 15) is 0 Å². The Morgan fingerprint density at radius 2 is 1.35 bits per heavy atom. The SMILES string of the molecule is Cc1ccccc1-c1nc(-c2ccccc2C)n(C)n1. The highest BCUT2D eigenvalue weighted by molar-refractivity contribution is 5.65. The monoisotopic (exact) mass is 263 g/mol. The van der Waals surface area contributed by atoms with Crippen molar-refractivity contribution in [2.75, 3.05) is 0 Å². The van der Waals surface area contributed by atoms with Crippen LogP contribution in [0.4, 0.5) is 0 Å². The van der Waals surface area contributed by atoms with Gasteiger partial charge in [0.05, 0.1) is 0 Å². The van der Waals surface area contributed by atoms with Gasteiger partial charge in [0.2, 0.25) is 0 Å². The second-order valence-corrected chi connectivity index (χ2v) is 5.01. The zero-order valence-electron chi connectivity index (χ0n) is 12.0. The lowest BCUT2D eigenvalue weighted by Crippen LogP contribution is -1.95. The molecule has 1 heterocycles. The summed E-state index contributed by atoms with van der Waals surface area (Å²) in [6, 6.07) is 16.4. The highest BCUT2D eigenvalue weighted by Gasteiger charge is 2.13. The van der Waals surface area contributed by atoms with Crippen molar-refractivity contribution in [3.63, 3.8) is 0 Å². The molecule has 0 radical (unpaired) electrons. The van der Waals surface area contributed by atoms with Crippen LogP contribution in [0.5, 0.6) is 0 Å². The fourth-order valence-electron chi connectivity index (χ4n) is 2.38. The molecule has 0 spiro atoms. The van der Waals surface area contributed by atoms with E-state index < -0.39 is 0 Å². The highest BCUT2D eigenvalue weighted by Crippen LogP contribution is 2.25. The van der Waals surface area contributed by atoms with Crippen molar-refractivity contribution in [3.8, 4) is 22.8 Å². The lowest BCUT2D eigenvalue weighted by Gasteiger charge is -2.03. The maximum absolute atomic E-state index is 4.72. The van der Waals surface area contributed by atoms with Crippen LogP contribution < -0.4 is 0 Å². The largest absolute Gasteiger partial charge is 0.248 e. The second-order valence-electron chi connectivity index (χ2n) is 5.01. The van der Waals surface area contributed by atoms with Crippen LogP contribution in [0, 0.1) is 13.8 Å². The molecule has 1 aromatic heterocycles. The van der Waals surface area contributed by atoms with Crippen molar-refractivity contribution in [1.29, 1.82) is 0 Å². The van der Waals surface area contributed by atoms with Crippen molar-refractivity contribution < 1.29 is 0 Å². The molecule has 0 bridgehead atoms. The van der Waals surface area contributed by atoms with Gasteiger partial charge in [0.25, 0.3) is 0 Å². The first kappa shape index (κ1) is 12.6. The second kappa shape index (κ2) is 4.93. The normalized spacial score (nSPS) is 10.8. The van der Waals surface area contributed by atoms with Gasteiger partial charge in [0, 0.05) is 18.2 Å². The first-order chi connectivity index (χ1) is 9.66. The molecule has 3 nitrogen and oxygen atoms in total. The number of aromatic nitrogens is 3. The third-order valence-electron chi connectivity index (χ3n) is 3.53. The third-order valence-corrected chi connectivity index (χ3v) is 3.53. The van der Waals surface area contributed by atoms with Gasteiger partial charge in [-0.15, -0.1) is 0 Å². The van der Waals surface area contributed by atoms with Crippen molar-refractivity contribution in [3.05, 3.63) is 59.7 Å². The lowest BCUT2D eigenvalue weighted by molar-refractivity contribution is 0.776. The van der Waals surface area contributed by atoms with E-state index in [1.807, 2.05) is 36.0 Å². The van der Waals surface area contributed by atoms with E-state index in [0.717, 1.165) is 22.8 Å². The van der Waals surface area contributed by atoms with Crippen molar-refractivity contribution >= 4 is 0 Å².